The van der Waals surface area contributed by atoms with Crippen LogP contribution in [-0.2, 0) is 19.7 Å². The van der Waals surface area contributed by atoms with Crippen LogP contribution in [0.5, 0.6) is 11.5 Å². The third-order valence-corrected chi connectivity index (χ3v) is 11.1. The molecule has 8 nitrogen and oxygen atoms in total. The average Bonchev–Trinajstić information content (AvgIpc) is 2.92. The Morgan fingerprint density at radius 2 is 1.07 bits per heavy atom. The molecule has 0 amide bonds. The number of hydrogen-bond donors (Lipinski definition) is 0. The van der Waals surface area contributed by atoms with E-state index in [4.69, 9.17) is 9.47 Å². The highest BCUT2D eigenvalue weighted by atomic mass is 32.3. The second kappa shape index (κ2) is 16.1. The quantitative estimate of drug-likeness (QED) is 0.0635. The van der Waals surface area contributed by atoms with Crippen molar-refractivity contribution in [3.8, 4) is 11.5 Å². The van der Waals surface area contributed by atoms with Crippen LogP contribution in [0.2, 0.25) is 0 Å². The van der Waals surface area contributed by atoms with E-state index in [0.717, 1.165) is 51.4 Å². The van der Waals surface area contributed by atoms with Gasteiger partial charge in [0.25, 0.3) is 19.7 Å². The summed E-state index contributed by atoms with van der Waals surface area (Å²) in [6, 6.07) is 9.38. The van der Waals surface area contributed by atoms with Crippen molar-refractivity contribution in [2.45, 2.75) is 115 Å². The number of ether oxygens (including phenoxy) is 2. The van der Waals surface area contributed by atoms with Crippen molar-refractivity contribution in [1.82, 2.24) is 0 Å². The van der Waals surface area contributed by atoms with Gasteiger partial charge in [0.05, 0.1) is 13.2 Å². The fraction of sp³-hybridized carbons (Fsp3) is 0.581. The molecule has 0 heterocycles. The lowest BCUT2D eigenvalue weighted by atomic mass is 10.0. The molecule has 2 aromatic carbocycles. The third kappa shape index (κ3) is 9.15. The van der Waals surface area contributed by atoms with E-state index in [0.29, 0.717) is 11.1 Å². The van der Waals surface area contributed by atoms with E-state index in [-0.39, 0.29) is 46.3 Å². The molecular formula is C31H46N2O6S2. The molecule has 0 saturated heterocycles. The number of unbranched alkanes of at least 4 members (excludes halogenated alkanes) is 6. The van der Waals surface area contributed by atoms with Crippen LogP contribution in [0, 0.1) is 0 Å². The number of sulfone groups is 2. The number of hydrogen-bond acceptors (Lipinski definition) is 6. The summed E-state index contributed by atoms with van der Waals surface area (Å²) < 4.78 is 66.3. The minimum atomic E-state index is -4.84. The summed E-state index contributed by atoms with van der Waals surface area (Å²) in [6.07, 6.45) is 7.43. The van der Waals surface area contributed by atoms with Crippen LogP contribution in [-0.4, -0.2) is 39.2 Å². The van der Waals surface area contributed by atoms with E-state index in [1.165, 1.54) is 24.3 Å². The number of benzene rings is 2. The Morgan fingerprint density at radius 1 is 0.683 bits per heavy atom. The summed E-state index contributed by atoms with van der Waals surface area (Å²) in [5.74, 6) is -0.0376. The molecule has 0 spiro atoms. The van der Waals surface area contributed by atoms with Crippen LogP contribution in [0.4, 0.5) is 0 Å². The Hall–Kier alpha value is -2.68. The molecule has 2 aromatic rings. The Labute approximate surface area is 246 Å². The highest BCUT2D eigenvalue weighted by molar-refractivity contribution is 8.31. The van der Waals surface area contributed by atoms with Crippen molar-refractivity contribution < 1.29 is 31.1 Å². The number of rotatable bonds is 16. The van der Waals surface area contributed by atoms with Crippen LogP contribution < -0.4 is 9.47 Å². The maximum Gasteiger partial charge on any atom is 0.504 e. The Balaban J connectivity index is 2.60. The van der Waals surface area contributed by atoms with Gasteiger partial charge in [-0.05, 0) is 60.1 Å². The average molecular weight is 607 g/mol. The summed E-state index contributed by atoms with van der Waals surface area (Å²) in [5, 5.41) is 0. The zero-order valence-electron chi connectivity index (χ0n) is 25.4. The normalized spacial score (nSPS) is 12.0. The maximum absolute atomic E-state index is 14.0. The van der Waals surface area contributed by atoms with Crippen molar-refractivity contribution in [2.75, 3.05) is 13.2 Å². The molecule has 0 unspecified atom stereocenters. The van der Waals surface area contributed by atoms with Gasteiger partial charge in [-0.1, -0.05) is 92.2 Å². The zero-order chi connectivity index (χ0) is 30.6. The van der Waals surface area contributed by atoms with Crippen molar-refractivity contribution in [1.29, 1.82) is 0 Å². The van der Waals surface area contributed by atoms with Gasteiger partial charge >= 0.3 is 4.38 Å². The van der Waals surface area contributed by atoms with Crippen LogP contribution in [0.25, 0.3) is 5.53 Å². The van der Waals surface area contributed by atoms with Gasteiger partial charge in [-0.15, -0.1) is 4.79 Å². The predicted octanol–water partition coefficient (Wildman–Crippen LogP) is 7.69. The molecule has 2 rings (SSSR count). The second-order valence-corrected chi connectivity index (χ2v) is 14.8. The molecule has 10 heteroatoms. The van der Waals surface area contributed by atoms with Gasteiger partial charge < -0.3 is 15.0 Å². The zero-order valence-corrected chi connectivity index (χ0v) is 27.0. The highest BCUT2D eigenvalue weighted by Gasteiger charge is 2.47. The largest absolute Gasteiger partial charge is 0.504 e. The Morgan fingerprint density at radius 3 is 1.39 bits per heavy atom. The SMILES string of the molecule is CCCCCCOc1ccc(C(C)C)cc1S(=O)(=O)C(=[N+]=[N-])S(=O)(=O)c1cc(C(C)C)ccc1OCCCCCC. The number of nitrogens with zero attached hydrogens (tertiary/aromatic N) is 2. The monoisotopic (exact) mass is 606 g/mol. The molecular weight excluding hydrogens is 560 g/mol. The lowest BCUT2D eigenvalue weighted by Crippen LogP contribution is -2.27. The summed E-state index contributed by atoms with van der Waals surface area (Å²) >= 11 is 0. The molecule has 0 radical (unpaired) electrons. The third-order valence-electron chi connectivity index (χ3n) is 6.90. The molecule has 0 aliphatic heterocycles. The fourth-order valence-electron chi connectivity index (χ4n) is 4.29. The van der Waals surface area contributed by atoms with Crippen LogP contribution >= 0.6 is 0 Å². The minimum Gasteiger partial charge on any atom is -0.492 e. The van der Waals surface area contributed by atoms with Crippen molar-refractivity contribution in [3.05, 3.63) is 53.1 Å². The molecule has 41 heavy (non-hydrogen) atoms. The molecule has 228 valence electrons. The molecule has 0 atom stereocenters. The van der Waals surface area contributed by atoms with E-state index >= 15 is 0 Å². The lowest BCUT2D eigenvalue weighted by molar-refractivity contribution is 0.00377. The Bertz CT molecular complexity index is 1310. The summed E-state index contributed by atoms with van der Waals surface area (Å²) in [6.45, 7) is 12.3. The van der Waals surface area contributed by atoms with Gasteiger partial charge in [0, 0.05) is 0 Å². The molecule has 0 saturated carbocycles. The van der Waals surface area contributed by atoms with Gasteiger partial charge in [-0.25, -0.2) is 16.8 Å². The van der Waals surface area contributed by atoms with Gasteiger partial charge in [0.2, 0.25) is 0 Å². The standard InChI is InChI=1S/C31H46N2O6S2/c1-7-9-11-13-19-38-27-17-15-25(23(3)4)21-29(27)40(34,35)31(33-32)41(36,37)30-22-26(24(5)6)16-18-28(30)39-20-14-12-10-8-2/h15-18,21-24H,7-14,19-20H2,1-6H3. The molecule has 0 fully saturated rings. The summed E-state index contributed by atoms with van der Waals surface area (Å²) in [7, 11) is -9.68. The van der Waals surface area contributed by atoms with Crippen molar-refractivity contribution in [2.24, 2.45) is 0 Å². The van der Waals surface area contributed by atoms with Crippen molar-refractivity contribution in [3.63, 3.8) is 0 Å². The Kier molecular flexibility index (Phi) is 13.5. The first-order valence-corrected chi connectivity index (χ1v) is 17.6. The summed E-state index contributed by atoms with van der Waals surface area (Å²) in [4.78, 5) is 2.19. The van der Waals surface area contributed by atoms with Crippen LogP contribution in [0.1, 0.15) is 116 Å². The first-order valence-electron chi connectivity index (χ1n) is 14.7. The fourth-order valence-corrected chi connectivity index (χ4v) is 7.94. The summed E-state index contributed by atoms with van der Waals surface area (Å²) in [5.41, 5.74) is 11.3. The minimum absolute atomic E-state index is 0.0191. The maximum atomic E-state index is 14.0. The first-order chi connectivity index (χ1) is 19.4. The van der Waals surface area contributed by atoms with Crippen molar-refractivity contribution >= 4 is 24.1 Å². The molecule has 0 aliphatic carbocycles. The molecule has 0 aliphatic rings. The topological polar surface area (TPSA) is 123 Å². The van der Waals surface area contributed by atoms with E-state index < -0.39 is 24.1 Å². The lowest BCUT2D eigenvalue weighted by Gasteiger charge is -2.15. The van der Waals surface area contributed by atoms with E-state index in [9.17, 15) is 22.4 Å². The molecule has 0 bridgehead atoms. The highest BCUT2D eigenvalue weighted by Crippen LogP contribution is 2.35. The van der Waals surface area contributed by atoms with Crippen LogP contribution in [0.3, 0.4) is 0 Å². The van der Waals surface area contributed by atoms with Gasteiger partial charge in [-0.3, -0.25) is 0 Å². The predicted molar refractivity (Wildman–Crippen MR) is 163 cm³/mol. The second-order valence-electron chi connectivity index (χ2n) is 10.9. The van der Waals surface area contributed by atoms with E-state index in [1.54, 1.807) is 12.1 Å². The first kappa shape index (κ1) is 34.5. The van der Waals surface area contributed by atoms with Crippen LogP contribution in [0.15, 0.2) is 46.2 Å². The van der Waals surface area contributed by atoms with Gasteiger partial charge in [0.15, 0.2) is 0 Å². The van der Waals surface area contributed by atoms with Gasteiger partial charge in [0.1, 0.15) is 21.3 Å². The smallest absolute Gasteiger partial charge is 0.492 e. The van der Waals surface area contributed by atoms with E-state index in [1.807, 2.05) is 27.7 Å². The van der Waals surface area contributed by atoms with Gasteiger partial charge in [-0.2, -0.15) is 0 Å². The molecule has 0 aromatic heterocycles. The molecule has 0 N–H and O–H groups in total. The van der Waals surface area contributed by atoms with E-state index in [2.05, 4.69) is 18.6 Å².